The van der Waals surface area contributed by atoms with Crippen molar-refractivity contribution in [1.82, 2.24) is 9.36 Å². The number of carboxylic acid groups (broad SMARTS) is 1. The minimum Gasteiger partial charge on any atom is -0.480 e. The Morgan fingerprint density at radius 1 is 1.53 bits per heavy atom. The van der Waals surface area contributed by atoms with Gasteiger partial charge in [0, 0.05) is 18.0 Å². The van der Waals surface area contributed by atoms with Crippen LogP contribution in [0.15, 0.2) is 0 Å². The van der Waals surface area contributed by atoms with Gasteiger partial charge in [0.1, 0.15) is 18.9 Å². The van der Waals surface area contributed by atoms with Gasteiger partial charge in [-0.2, -0.15) is 17.5 Å². The molecule has 0 radical (unpaired) electrons. The van der Waals surface area contributed by atoms with E-state index in [-0.39, 0.29) is 5.13 Å². The molecule has 0 aromatic carbocycles. The number of anilines is 1. The zero-order valence-electron chi connectivity index (χ0n) is 8.86. The summed E-state index contributed by atoms with van der Waals surface area (Å²) in [6, 6.07) is 0. The predicted octanol–water partition coefficient (Wildman–Crippen LogP) is 1.55. The third kappa shape index (κ3) is 4.55. The Balaban J connectivity index is 2.85. The number of aliphatic carboxylic acids is 1. The van der Waals surface area contributed by atoms with Gasteiger partial charge in [-0.05, 0) is 0 Å². The zero-order chi connectivity index (χ0) is 13.1. The van der Waals surface area contributed by atoms with Crippen molar-refractivity contribution in [2.24, 2.45) is 0 Å². The van der Waals surface area contributed by atoms with Crippen molar-refractivity contribution in [3.05, 3.63) is 5.82 Å². The summed E-state index contributed by atoms with van der Waals surface area (Å²) in [4.78, 5) is 15.0. The molecular formula is C8H10F3N3O2S. The maximum atomic E-state index is 12.3. The lowest BCUT2D eigenvalue weighted by Gasteiger charge is -2.20. The minimum absolute atomic E-state index is 0.0263. The van der Waals surface area contributed by atoms with E-state index in [1.165, 1.54) is 0 Å². The van der Waals surface area contributed by atoms with Crippen molar-refractivity contribution in [2.45, 2.75) is 19.5 Å². The second-order valence-electron chi connectivity index (χ2n) is 3.21. The summed E-state index contributed by atoms with van der Waals surface area (Å²) in [6.07, 6.45) is -3.99. The number of rotatable bonds is 5. The molecule has 0 bridgehead atoms. The van der Waals surface area contributed by atoms with E-state index in [1.54, 1.807) is 6.92 Å². The average molecular weight is 269 g/mol. The van der Waals surface area contributed by atoms with Crippen LogP contribution in [0.3, 0.4) is 0 Å². The number of hydrogen-bond donors (Lipinski definition) is 1. The molecule has 1 N–H and O–H groups in total. The molecule has 9 heteroatoms. The van der Waals surface area contributed by atoms with E-state index in [2.05, 4.69) is 9.36 Å². The molecule has 0 saturated heterocycles. The topological polar surface area (TPSA) is 66.3 Å². The Labute approximate surface area is 99.1 Å². The number of alkyl halides is 3. The average Bonchev–Trinajstić information content (AvgIpc) is 2.61. The normalized spacial score (nSPS) is 11.5. The van der Waals surface area contributed by atoms with Crippen LogP contribution in [0, 0.1) is 0 Å². The van der Waals surface area contributed by atoms with Crippen LogP contribution in [-0.2, 0) is 11.2 Å². The van der Waals surface area contributed by atoms with Gasteiger partial charge in [-0.3, -0.25) is 4.79 Å². The van der Waals surface area contributed by atoms with Gasteiger partial charge in [-0.25, -0.2) is 4.98 Å². The van der Waals surface area contributed by atoms with Crippen LogP contribution in [0.4, 0.5) is 18.3 Å². The highest BCUT2D eigenvalue weighted by Gasteiger charge is 2.33. The number of carbonyl (C=O) groups is 1. The fourth-order valence-corrected chi connectivity index (χ4v) is 1.84. The van der Waals surface area contributed by atoms with Crippen molar-refractivity contribution in [3.8, 4) is 0 Å². The van der Waals surface area contributed by atoms with Gasteiger partial charge in [0.2, 0.25) is 5.13 Å². The van der Waals surface area contributed by atoms with Crippen molar-refractivity contribution < 1.29 is 23.1 Å². The first-order valence-corrected chi connectivity index (χ1v) is 5.45. The van der Waals surface area contributed by atoms with Crippen LogP contribution in [0.1, 0.15) is 12.7 Å². The van der Waals surface area contributed by atoms with Gasteiger partial charge in [-0.15, -0.1) is 0 Å². The quantitative estimate of drug-likeness (QED) is 0.878. The Morgan fingerprint density at radius 3 is 2.59 bits per heavy atom. The fourth-order valence-electron chi connectivity index (χ4n) is 1.09. The van der Waals surface area contributed by atoms with Crippen LogP contribution < -0.4 is 4.90 Å². The molecule has 0 saturated carbocycles. The number of aromatic nitrogens is 2. The van der Waals surface area contributed by atoms with Gasteiger partial charge >= 0.3 is 12.1 Å². The Hall–Kier alpha value is -1.38. The van der Waals surface area contributed by atoms with Crippen LogP contribution in [0.25, 0.3) is 0 Å². The molecule has 1 rings (SSSR count). The second-order valence-corrected chi connectivity index (χ2v) is 3.94. The lowest BCUT2D eigenvalue weighted by Crippen LogP contribution is -2.37. The van der Waals surface area contributed by atoms with Gasteiger partial charge in [0.15, 0.2) is 0 Å². The predicted molar refractivity (Wildman–Crippen MR) is 55.2 cm³/mol. The molecule has 96 valence electrons. The summed E-state index contributed by atoms with van der Waals surface area (Å²) in [5, 5.41) is 8.53. The molecule has 1 aromatic rings. The first-order chi connectivity index (χ1) is 7.81. The number of halogens is 3. The molecule has 0 amide bonds. The van der Waals surface area contributed by atoms with Gasteiger partial charge in [0.25, 0.3) is 0 Å². The third-order valence-corrected chi connectivity index (χ3v) is 2.56. The lowest BCUT2D eigenvalue weighted by atomic mass is 10.4. The fraction of sp³-hybridized carbons (Fsp3) is 0.625. The largest absolute Gasteiger partial charge is 0.480 e. The highest BCUT2D eigenvalue weighted by atomic mass is 32.1. The number of carboxylic acids is 1. The van der Waals surface area contributed by atoms with E-state index in [0.29, 0.717) is 17.1 Å². The van der Waals surface area contributed by atoms with Crippen molar-refractivity contribution >= 4 is 22.6 Å². The summed E-state index contributed by atoms with van der Waals surface area (Å²) >= 11 is 0.766. The molecule has 1 aromatic heterocycles. The molecule has 0 aliphatic rings. The van der Waals surface area contributed by atoms with Gasteiger partial charge in [0.05, 0.1) is 0 Å². The van der Waals surface area contributed by atoms with Crippen LogP contribution in [0.2, 0.25) is 0 Å². The Morgan fingerprint density at radius 2 is 2.18 bits per heavy atom. The Bertz CT molecular complexity index is 394. The molecule has 1 heterocycles. The third-order valence-electron chi connectivity index (χ3n) is 1.74. The summed E-state index contributed by atoms with van der Waals surface area (Å²) in [5.74, 6) is -0.940. The van der Waals surface area contributed by atoms with E-state index in [0.717, 1.165) is 11.5 Å². The second kappa shape index (κ2) is 5.30. The Kier molecular flexibility index (Phi) is 4.27. The summed E-state index contributed by atoms with van der Waals surface area (Å²) < 4.78 is 40.6. The number of aryl methyl sites for hydroxylation is 1. The number of hydrogen-bond acceptors (Lipinski definition) is 5. The molecule has 17 heavy (non-hydrogen) atoms. The zero-order valence-corrected chi connectivity index (χ0v) is 9.68. The molecule has 0 atom stereocenters. The number of nitrogens with zero attached hydrogens (tertiary/aromatic N) is 3. The molecule has 0 fully saturated rings. The maximum Gasteiger partial charge on any atom is 0.406 e. The van der Waals surface area contributed by atoms with Crippen LogP contribution in [-0.4, -0.2) is 39.7 Å². The monoisotopic (exact) mass is 269 g/mol. The van der Waals surface area contributed by atoms with Crippen molar-refractivity contribution in [3.63, 3.8) is 0 Å². The molecule has 0 unspecified atom stereocenters. The van der Waals surface area contributed by atoms with Crippen molar-refractivity contribution in [1.29, 1.82) is 0 Å². The molecule has 0 aliphatic carbocycles. The van der Waals surface area contributed by atoms with Gasteiger partial charge in [-0.1, -0.05) is 6.92 Å². The van der Waals surface area contributed by atoms with Gasteiger partial charge < -0.3 is 10.0 Å². The minimum atomic E-state index is -4.48. The van der Waals surface area contributed by atoms with E-state index in [4.69, 9.17) is 5.11 Å². The molecule has 0 aliphatic heterocycles. The smallest absolute Gasteiger partial charge is 0.406 e. The van der Waals surface area contributed by atoms with Crippen LogP contribution in [0.5, 0.6) is 0 Å². The molecule has 0 spiro atoms. The van der Waals surface area contributed by atoms with E-state index in [9.17, 15) is 18.0 Å². The first kappa shape index (κ1) is 13.7. The molecular weight excluding hydrogens is 259 g/mol. The van der Waals surface area contributed by atoms with E-state index in [1.807, 2.05) is 0 Å². The highest BCUT2D eigenvalue weighted by Crippen LogP contribution is 2.23. The van der Waals surface area contributed by atoms with E-state index < -0.39 is 25.2 Å². The van der Waals surface area contributed by atoms with Crippen molar-refractivity contribution in [2.75, 3.05) is 18.0 Å². The SMILES string of the molecule is CCc1nsc(N(CC(=O)O)CC(F)(F)F)n1. The highest BCUT2D eigenvalue weighted by molar-refractivity contribution is 7.09. The first-order valence-electron chi connectivity index (χ1n) is 4.68. The summed E-state index contributed by atoms with van der Waals surface area (Å²) in [6.45, 7) is -0.341. The maximum absolute atomic E-state index is 12.3. The van der Waals surface area contributed by atoms with E-state index >= 15 is 0 Å². The lowest BCUT2D eigenvalue weighted by molar-refractivity contribution is -0.136. The summed E-state index contributed by atoms with van der Waals surface area (Å²) in [5.41, 5.74) is 0. The summed E-state index contributed by atoms with van der Waals surface area (Å²) in [7, 11) is 0. The standard InChI is InChI=1S/C8H10F3N3O2S/c1-2-5-12-7(17-13-5)14(3-6(15)16)4-8(9,10)11/h2-4H2,1H3,(H,15,16). The van der Waals surface area contributed by atoms with Crippen LogP contribution >= 0.6 is 11.5 Å². The molecule has 5 nitrogen and oxygen atoms in total.